The molecule has 3 heterocycles. The summed E-state index contributed by atoms with van der Waals surface area (Å²) in [6.45, 7) is 5.22. The Kier molecular flexibility index (Phi) is 9.54. The van der Waals surface area contributed by atoms with Crippen LogP contribution in [0.1, 0.15) is 50.0 Å². The third-order valence-electron chi connectivity index (χ3n) is 8.25. The van der Waals surface area contributed by atoms with Crippen LogP contribution in [0.3, 0.4) is 0 Å². The summed E-state index contributed by atoms with van der Waals surface area (Å²) in [7, 11) is 0. The molecule has 3 aliphatic heterocycles. The zero-order valence-electron chi connectivity index (χ0n) is 27.4. The molecule has 2 saturated heterocycles. The number of nitrogens with one attached hydrogen (secondary N) is 1. The van der Waals surface area contributed by atoms with Crippen LogP contribution in [0.25, 0.3) is 0 Å². The number of hydrogen-bond acceptors (Lipinski definition) is 7. The molecule has 2 fully saturated rings. The number of ether oxygens (including phenoxy) is 2. The number of esters is 1. The van der Waals surface area contributed by atoms with Crippen LogP contribution < -0.4 is 10.2 Å². The van der Waals surface area contributed by atoms with Crippen LogP contribution in [0.2, 0.25) is 0 Å². The number of β-lactam (4-membered cyclic amide) rings is 1. The molecule has 9 nitrogen and oxygen atoms in total. The maximum Gasteiger partial charge on any atom is 0.416 e. The Labute approximate surface area is 291 Å². The molecule has 0 radical (unpaired) electrons. The van der Waals surface area contributed by atoms with Crippen LogP contribution >= 0.6 is 11.8 Å². The first-order chi connectivity index (χ1) is 23.7. The minimum atomic E-state index is -4.58. The molecule has 0 saturated carbocycles. The molecule has 0 spiro atoms. The van der Waals surface area contributed by atoms with Crippen LogP contribution in [-0.2, 0) is 30.0 Å². The zero-order chi connectivity index (χ0) is 35.8. The molecule has 3 amide bonds. The van der Waals surface area contributed by atoms with Gasteiger partial charge < -0.3 is 19.7 Å². The molecule has 50 heavy (non-hydrogen) atoms. The topological polar surface area (TPSA) is 105 Å². The number of benzene rings is 3. The highest BCUT2D eigenvalue weighted by molar-refractivity contribution is 8.00. The van der Waals surface area contributed by atoms with E-state index >= 15 is 0 Å². The fourth-order valence-corrected chi connectivity index (χ4v) is 7.29. The molecule has 13 heteroatoms. The molecule has 0 unspecified atom stereocenters. The highest BCUT2D eigenvalue weighted by Gasteiger charge is 2.55. The van der Waals surface area contributed by atoms with Crippen molar-refractivity contribution in [3.8, 4) is 0 Å². The molecule has 0 bridgehead atoms. The number of amides is 3. The highest BCUT2D eigenvalue weighted by Crippen LogP contribution is 2.43. The fraction of sp³-hybridized carbons (Fsp3) is 0.297. The van der Waals surface area contributed by atoms with E-state index in [2.05, 4.69) is 5.32 Å². The van der Waals surface area contributed by atoms with Crippen molar-refractivity contribution in [2.24, 2.45) is 0 Å². The van der Waals surface area contributed by atoms with Crippen molar-refractivity contribution in [3.63, 3.8) is 0 Å². The van der Waals surface area contributed by atoms with Crippen molar-refractivity contribution in [1.82, 2.24) is 10.2 Å². The van der Waals surface area contributed by atoms with Crippen molar-refractivity contribution >= 4 is 41.3 Å². The molecule has 0 aromatic heterocycles. The van der Waals surface area contributed by atoms with E-state index in [4.69, 9.17) is 9.47 Å². The largest absolute Gasteiger partial charge is 0.448 e. The second kappa shape index (κ2) is 13.7. The van der Waals surface area contributed by atoms with Crippen LogP contribution in [0, 0.1) is 0 Å². The van der Waals surface area contributed by atoms with Crippen LogP contribution in [0.4, 0.5) is 23.7 Å². The van der Waals surface area contributed by atoms with E-state index in [0.29, 0.717) is 16.7 Å². The van der Waals surface area contributed by atoms with Gasteiger partial charge in [0.05, 0.1) is 5.56 Å². The molecule has 3 aliphatic rings. The molecular formula is C37H34F3N3O6S. The summed E-state index contributed by atoms with van der Waals surface area (Å²) in [6, 6.07) is 21.8. The van der Waals surface area contributed by atoms with Gasteiger partial charge in [-0.15, -0.1) is 11.8 Å². The van der Waals surface area contributed by atoms with Gasteiger partial charge >= 0.3 is 18.2 Å². The average Bonchev–Trinajstić information content (AvgIpc) is 3.44. The van der Waals surface area contributed by atoms with Crippen molar-refractivity contribution < 1.29 is 41.8 Å². The monoisotopic (exact) mass is 705 g/mol. The second-order valence-corrected chi connectivity index (χ2v) is 14.0. The van der Waals surface area contributed by atoms with Gasteiger partial charge in [-0.1, -0.05) is 66.7 Å². The Balaban J connectivity index is 1.34. The number of thioether (sulfide) groups is 1. The summed E-state index contributed by atoms with van der Waals surface area (Å²) >= 11 is 1.29. The van der Waals surface area contributed by atoms with Gasteiger partial charge in [-0.05, 0) is 68.2 Å². The van der Waals surface area contributed by atoms with Gasteiger partial charge in [0.15, 0.2) is 6.10 Å². The SMILES string of the molecule is CC(C)(C)OC(=O)N[C@@H]1C(=O)N2C(C(=O)OC(c3ccccc3)c3ccccc3)=C(/C=C3\CCN(c4cccc(C(F)(F)F)c4)C3=O)CS[C@H]12. The Hall–Kier alpha value is -5.04. The summed E-state index contributed by atoms with van der Waals surface area (Å²) in [6.07, 6.45) is -4.47. The molecule has 3 aromatic rings. The molecule has 260 valence electrons. The third kappa shape index (κ3) is 7.28. The normalized spacial score (nSPS) is 20.2. The van der Waals surface area contributed by atoms with Gasteiger partial charge in [-0.2, -0.15) is 13.2 Å². The predicted octanol–water partition coefficient (Wildman–Crippen LogP) is 6.76. The Bertz CT molecular complexity index is 1830. The van der Waals surface area contributed by atoms with Crippen molar-refractivity contribution in [2.45, 2.75) is 56.5 Å². The number of alkyl halides is 3. The lowest BCUT2D eigenvalue weighted by molar-refractivity contribution is -0.153. The fourth-order valence-electron chi connectivity index (χ4n) is 5.98. The quantitative estimate of drug-likeness (QED) is 0.165. The van der Waals surface area contributed by atoms with Gasteiger partial charge in [0.25, 0.3) is 11.8 Å². The lowest BCUT2D eigenvalue weighted by Gasteiger charge is -2.49. The van der Waals surface area contributed by atoms with E-state index in [1.54, 1.807) is 20.8 Å². The van der Waals surface area contributed by atoms with Gasteiger partial charge in [0.1, 0.15) is 22.7 Å². The van der Waals surface area contributed by atoms with Gasteiger partial charge in [0.2, 0.25) is 0 Å². The lowest BCUT2D eigenvalue weighted by atomic mass is 10.00. The summed E-state index contributed by atoms with van der Waals surface area (Å²) in [5.74, 6) is -1.71. The minimum Gasteiger partial charge on any atom is -0.448 e. The first-order valence-corrected chi connectivity index (χ1v) is 16.9. The van der Waals surface area contributed by atoms with E-state index in [1.807, 2.05) is 60.7 Å². The van der Waals surface area contributed by atoms with E-state index in [-0.39, 0.29) is 35.7 Å². The zero-order valence-corrected chi connectivity index (χ0v) is 28.2. The summed E-state index contributed by atoms with van der Waals surface area (Å²) in [4.78, 5) is 56.6. The number of anilines is 1. The highest BCUT2D eigenvalue weighted by atomic mass is 32.2. The summed E-state index contributed by atoms with van der Waals surface area (Å²) in [5.41, 5.74) is 0.338. The van der Waals surface area contributed by atoms with Gasteiger partial charge in [-0.3, -0.25) is 14.5 Å². The standard InChI is InChI=1S/C37H34F3N3O6S/c1-36(2,3)49-35(47)41-28-32(45)43-29(34(46)48-30(22-11-6-4-7-12-22)23-13-8-5-9-14-23)25(21-50-33(28)43)19-24-17-18-42(31(24)44)27-16-10-15-26(20-27)37(38,39)40/h4-16,19-20,28,30,33H,17-18,21H2,1-3H3,(H,41,47)/b24-19+/t28-,33-/m1/s1. The molecule has 0 aliphatic carbocycles. The number of alkyl carbamates (subject to hydrolysis) is 1. The van der Waals surface area contributed by atoms with Crippen molar-refractivity contribution in [3.05, 3.63) is 125 Å². The maximum atomic E-state index is 14.3. The van der Waals surface area contributed by atoms with Gasteiger partial charge in [-0.25, -0.2) is 9.59 Å². The van der Waals surface area contributed by atoms with E-state index in [0.717, 1.165) is 12.1 Å². The van der Waals surface area contributed by atoms with Gasteiger partial charge in [0, 0.05) is 23.6 Å². The first-order valence-electron chi connectivity index (χ1n) is 15.9. The van der Waals surface area contributed by atoms with Crippen molar-refractivity contribution in [2.75, 3.05) is 17.2 Å². The summed E-state index contributed by atoms with van der Waals surface area (Å²) in [5, 5.41) is 1.94. The first kappa shape index (κ1) is 34.8. The Morgan fingerprint density at radius 1 is 0.940 bits per heavy atom. The number of rotatable bonds is 7. The predicted molar refractivity (Wildman–Crippen MR) is 181 cm³/mol. The van der Waals surface area contributed by atoms with Crippen LogP contribution in [0.15, 0.2) is 108 Å². The van der Waals surface area contributed by atoms with E-state index < -0.39 is 58.7 Å². The van der Waals surface area contributed by atoms with Crippen LogP contribution in [0.5, 0.6) is 0 Å². The number of halogens is 3. The number of hydrogen-bond donors (Lipinski definition) is 1. The van der Waals surface area contributed by atoms with Crippen molar-refractivity contribution in [1.29, 1.82) is 0 Å². The third-order valence-corrected chi connectivity index (χ3v) is 9.55. The van der Waals surface area contributed by atoms with E-state index in [1.165, 1.54) is 39.8 Å². The molecule has 2 atom stereocenters. The smallest absolute Gasteiger partial charge is 0.416 e. The molecule has 1 N–H and O–H groups in total. The second-order valence-electron chi connectivity index (χ2n) is 12.9. The maximum absolute atomic E-state index is 14.3. The Morgan fingerprint density at radius 3 is 2.18 bits per heavy atom. The average molecular weight is 706 g/mol. The number of nitrogens with zero attached hydrogens (tertiary/aromatic N) is 2. The van der Waals surface area contributed by atoms with E-state index in [9.17, 15) is 32.3 Å². The number of carbonyl (C=O) groups is 4. The molecule has 3 aromatic carbocycles. The number of allylic oxidation sites excluding steroid dienone is 1. The van der Waals surface area contributed by atoms with Crippen LogP contribution in [-0.4, -0.2) is 58.1 Å². The Morgan fingerprint density at radius 2 is 1.58 bits per heavy atom. The number of carbonyl (C=O) groups excluding carboxylic acids is 4. The number of fused-ring (bicyclic) bond motifs is 1. The molecular weight excluding hydrogens is 671 g/mol. The summed E-state index contributed by atoms with van der Waals surface area (Å²) < 4.78 is 51.7. The lowest BCUT2D eigenvalue weighted by Crippen LogP contribution is -2.70. The minimum absolute atomic E-state index is 0.0735. The molecule has 6 rings (SSSR count).